The van der Waals surface area contributed by atoms with Gasteiger partial charge in [0.1, 0.15) is 18.2 Å². The Labute approximate surface area is 171 Å². The first-order chi connectivity index (χ1) is 13.7. The van der Waals surface area contributed by atoms with Gasteiger partial charge in [0.15, 0.2) is 0 Å². The fraction of sp³-hybridized carbons (Fsp3) is 0.476. The Balaban J connectivity index is 2.12. The van der Waals surface area contributed by atoms with Gasteiger partial charge in [0.25, 0.3) is 5.91 Å². The van der Waals surface area contributed by atoms with Gasteiger partial charge in [0.2, 0.25) is 0 Å². The molecule has 1 atom stereocenters. The number of amides is 2. The van der Waals surface area contributed by atoms with Crippen LogP contribution in [0.5, 0.6) is 0 Å². The summed E-state index contributed by atoms with van der Waals surface area (Å²) in [6, 6.07) is 8.54. The van der Waals surface area contributed by atoms with Crippen LogP contribution in [-0.2, 0) is 30.4 Å². The predicted molar refractivity (Wildman–Crippen MR) is 105 cm³/mol. The van der Waals surface area contributed by atoms with Crippen LogP contribution in [0.3, 0.4) is 0 Å². The molecule has 2 amide bonds. The first-order valence-corrected chi connectivity index (χ1v) is 9.48. The average molecular weight is 404 g/mol. The molecule has 0 bridgehead atoms. The van der Waals surface area contributed by atoms with E-state index in [9.17, 15) is 14.4 Å². The first kappa shape index (κ1) is 22.4. The summed E-state index contributed by atoms with van der Waals surface area (Å²) in [5.41, 5.74) is 0.226. The third kappa shape index (κ3) is 6.90. The van der Waals surface area contributed by atoms with Crippen molar-refractivity contribution in [1.82, 2.24) is 9.80 Å². The highest BCUT2D eigenvalue weighted by Gasteiger charge is 2.37. The Bertz CT molecular complexity index is 741. The van der Waals surface area contributed by atoms with Gasteiger partial charge in [-0.3, -0.25) is 14.5 Å². The Hall–Kier alpha value is -2.87. The normalized spacial score (nSPS) is 16.7. The lowest BCUT2D eigenvalue weighted by atomic mass is 10.2. The molecule has 1 aliphatic heterocycles. The Kier molecular flexibility index (Phi) is 7.78. The number of hydrogen-bond donors (Lipinski definition) is 0. The lowest BCUT2D eigenvalue weighted by Crippen LogP contribution is -2.54. The van der Waals surface area contributed by atoms with E-state index >= 15 is 0 Å². The highest BCUT2D eigenvalue weighted by Crippen LogP contribution is 2.18. The quantitative estimate of drug-likeness (QED) is 0.650. The number of carbonyl (C=O) groups excluding carboxylic acids is 3. The second-order valence-corrected chi connectivity index (χ2v) is 7.47. The van der Waals surface area contributed by atoms with E-state index in [1.165, 1.54) is 22.2 Å². The van der Waals surface area contributed by atoms with Crippen molar-refractivity contribution in [2.75, 3.05) is 19.8 Å². The Morgan fingerprint density at radius 3 is 2.41 bits per heavy atom. The van der Waals surface area contributed by atoms with Gasteiger partial charge in [0.05, 0.1) is 19.8 Å². The van der Waals surface area contributed by atoms with Crippen LogP contribution in [0, 0.1) is 0 Å². The van der Waals surface area contributed by atoms with Gasteiger partial charge in [-0.1, -0.05) is 30.3 Å². The van der Waals surface area contributed by atoms with Crippen molar-refractivity contribution in [3.05, 3.63) is 48.3 Å². The van der Waals surface area contributed by atoms with Gasteiger partial charge >= 0.3 is 12.1 Å². The van der Waals surface area contributed by atoms with Crippen LogP contribution in [0.1, 0.15) is 33.3 Å². The van der Waals surface area contributed by atoms with Crippen LogP contribution >= 0.6 is 0 Å². The van der Waals surface area contributed by atoms with Crippen LogP contribution in [0.2, 0.25) is 0 Å². The Morgan fingerprint density at radius 1 is 1.10 bits per heavy atom. The highest BCUT2D eigenvalue weighted by atomic mass is 16.6. The molecule has 1 heterocycles. The van der Waals surface area contributed by atoms with E-state index in [4.69, 9.17) is 14.2 Å². The molecule has 1 aromatic carbocycles. The second kappa shape index (κ2) is 10.1. The smallest absolute Gasteiger partial charge is 0.415 e. The minimum atomic E-state index is -0.951. The van der Waals surface area contributed by atoms with Crippen molar-refractivity contribution in [2.45, 2.75) is 45.9 Å². The van der Waals surface area contributed by atoms with E-state index in [0.717, 1.165) is 5.56 Å². The van der Waals surface area contributed by atoms with Gasteiger partial charge in [-0.05, 0) is 33.3 Å². The standard InChI is InChI=1S/C21H28N2O6/c1-5-28-18(24)13-22-11-12-23(20(26)29-21(2,3)4)17(19(22)25)15-27-14-16-9-7-6-8-10-16/h6-12,17H,5,13-15H2,1-4H3. The summed E-state index contributed by atoms with van der Waals surface area (Å²) in [4.78, 5) is 39.7. The molecular weight excluding hydrogens is 376 g/mol. The van der Waals surface area contributed by atoms with Crippen molar-refractivity contribution in [1.29, 1.82) is 0 Å². The second-order valence-electron chi connectivity index (χ2n) is 7.47. The molecular formula is C21H28N2O6. The summed E-state index contributed by atoms with van der Waals surface area (Å²) in [5.74, 6) is -0.973. The number of hydrogen-bond acceptors (Lipinski definition) is 6. The summed E-state index contributed by atoms with van der Waals surface area (Å²) in [5, 5.41) is 0. The number of carbonyl (C=O) groups is 3. The molecule has 1 aliphatic rings. The molecule has 0 saturated carbocycles. The zero-order valence-corrected chi connectivity index (χ0v) is 17.3. The summed E-state index contributed by atoms with van der Waals surface area (Å²) in [6.07, 6.45) is 2.13. The number of nitrogens with zero attached hydrogens (tertiary/aromatic N) is 2. The number of ether oxygens (including phenoxy) is 3. The van der Waals surface area contributed by atoms with Crippen molar-refractivity contribution in [3.63, 3.8) is 0 Å². The van der Waals surface area contributed by atoms with Crippen LogP contribution in [-0.4, -0.2) is 59.2 Å². The zero-order chi connectivity index (χ0) is 21.4. The van der Waals surface area contributed by atoms with E-state index in [1.54, 1.807) is 27.7 Å². The van der Waals surface area contributed by atoms with E-state index in [-0.39, 0.29) is 26.4 Å². The number of benzene rings is 1. The highest BCUT2D eigenvalue weighted by molar-refractivity contribution is 5.91. The summed E-state index contributed by atoms with van der Waals surface area (Å²) in [7, 11) is 0. The van der Waals surface area contributed by atoms with Gasteiger partial charge in [0, 0.05) is 12.4 Å². The molecule has 0 fully saturated rings. The largest absolute Gasteiger partial charge is 0.465 e. The maximum absolute atomic E-state index is 12.9. The van der Waals surface area contributed by atoms with Crippen LogP contribution < -0.4 is 0 Å². The molecule has 2 rings (SSSR count). The van der Waals surface area contributed by atoms with Crippen molar-refractivity contribution in [2.24, 2.45) is 0 Å². The van der Waals surface area contributed by atoms with E-state index in [2.05, 4.69) is 0 Å². The molecule has 0 saturated heterocycles. The van der Waals surface area contributed by atoms with Crippen molar-refractivity contribution in [3.8, 4) is 0 Å². The van der Waals surface area contributed by atoms with E-state index in [0.29, 0.717) is 0 Å². The molecule has 1 aromatic rings. The molecule has 0 radical (unpaired) electrons. The summed E-state index contributed by atoms with van der Waals surface area (Å²) >= 11 is 0. The first-order valence-electron chi connectivity index (χ1n) is 9.48. The van der Waals surface area contributed by atoms with Crippen LogP contribution in [0.4, 0.5) is 4.79 Å². The topological polar surface area (TPSA) is 85.4 Å². The van der Waals surface area contributed by atoms with Gasteiger partial charge < -0.3 is 19.1 Å². The monoisotopic (exact) mass is 404 g/mol. The van der Waals surface area contributed by atoms with Gasteiger partial charge in [-0.25, -0.2) is 4.79 Å². The summed E-state index contributed by atoms with van der Waals surface area (Å²) in [6.45, 7) is 7.15. The fourth-order valence-electron chi connectivity index (χ4n) is 2.63. The molecule has 0 N–H and O–H groups in total. The third-order valence-electron chi connectivity index (χ3n) is 3.91. The third-order valence-corrected chi connectivity index (χ3v) is 3.91. The minimum Gasteiger partial charge on any atom is -0.465 e. The van der Waals surface area contributed by atoms with Crippen LogP contribution in [0.25, 0.3) is 0 Å². The maximum Gasteiger partial charge on any atom is 0.415 e. The molecule has 158 valence electrons. The maximum atomic E-state index is 12.9. The van der Waals surface area contributed by atoms with Crippen LogP contribution in [0.15, 0.2) is 42.7 Å². The van der Waals surface area contributed by atoms with Crippen molar-refractivity contribution < 1.29 is 28.6 Å². The average Bonchev–Trinajstić information content (AvgIpc) is 2.64. The Morgan fingerprint density at radius 2 is 1.79 bits per heavy atom. The molecule has 8 heteroatoms. The molecule has 0 aromatic heterocycles. The molecule has 29 heavy (non-hydrogen) atoms. The SMILES string of the molecule is CCOC(=O)CN1C=CN(C(=O)OC(C)(C)C)C(COCc2ccccc2)C1=O. The van der Waals surface area contributed by atoms with Crippen molar-refractivity contribution >= 4 is 18.0 Å². The van der Waals surface area contributed by atoms with E-state index < -0.39 is 29.6 Å². The summed E-state index contributed by atoms with van der Waals surface area (Å²) < 4.78 is 16.0. The number of esters is 1. The van der Waals surface area contributed by atoms with Gasteiger partial charge in [-0.15, -0.1) is 0 Å². The lowest BCUT2D eigenvalue weighted by molar-refractivity contribution is -0.150. The zero-order valence-electron chi connectivity index (χ0n) is 17.3. The molecule has 0 spiro atoms. The molecule has 0 aliphatic carbocycles. The molecule has 8 nitrogen and oxygen atoms in total. The number of rotatable bonds is 7. The predicted octanol–water partition coefficient (Wildman–Crippen LogP) is 2.69. The minimum absolute atomic E-state index is 0.0450. The van der Waals surface area contributed by atoms with E-state index in [1.807, 2.05) is 30.3 Å². The fourth-order valence-corrected chi connectivity index (χ4v) is 2.63. The lowest BCUT2D eigenvalue weighted by Gasteiger charge is -2.35. The van der Waals surface area contributed by atoms with Gasteiger partial charge in [-0.2, -0.15) is 0 Å². The molecule has 1 unspecified atom stereocenters.